The molecule has 0 fully saturated rings. The Morgan fingerprint density at radius 2 is 1.77 bits per heavy atom. The first-order valence-electron chi connectivity index (χ1n) is 12.9. The van der Waals surface area contributed by atoms with Gasteiger partial charge in [-0.15, -0.1) is 0 Å². The van der Waals surface area contributed by atoms with Crippen LogP contribution in [-0.2, 0) is 34.3 Å². The van der Waals surface area contributed by atoms with Crippen LogP contribution in [0.1, 0.15) is 63.1 Å². The number of halogens is 4. The van der Waals surface area contributed by atoms with Gasteiger partial charge < -0.3 is 14.3 Å². The number of aryl methyl sites for hydroxylation is 1. The summed E-state index contributed by atoms with van der Waals surface area (Å²) >= 11 is 6.19. The van der Waals surface area contributed by atoms with E-state index in [2.05, 4.69) is 15.0 Å². The standard InChI is InChI=1S/C25H25ClF3N3O5S.C3H4N2/c1-3-4-9-21-31-23(26)20(14-30-38(35,36)25(27,28)29)32(21)15-16-10-12-17(13-11-16)22(33)18-7-5-6-8-19(18)24(34)37-2;1-2-5-3-4-1/h5-8,10-13,30H,3-4,9,14-15H2,1-2H3;1-3H,(H,4,5). The summed E-state index contributed by atoms with van der Waals surface area (Å²) in [4.78, 5) is 35.7. The molecule has 4 rings (SSSR count). The summed E-state index contributed by atoms with van der Waals surface area (Å²) in [6, 6.07) is 12.7. The Hall–Kier alpha value is -4.01. The number of ketones is 1. The first-order valence-corrected chi connectivity index (χ1v) is 14.8. The van der Waals surface area contributed by atoms with Crippen molar-refractivity contribution in [3.8, 4) is 0 Å². The highest BCUT2D eigenvalue weighted by molar-refractivity contribution is 7.90. The van der Waals surface area contributed by atoms with Gasteiger partial charge in [0, 0.05) is 36.5 Å². The molecule has 0 saturated heterocycles. The minimum Gasteiger partial charge on any atom is -0.465 e. The molecule has 0 unspecified atom stereocenters. The molecule has 2 aromatic carbocycles. The number of carbonyl (C=O) groups is 2. The van der Waals surface area contributed by atoms with Gasteiger partial charge in [0.05, 0.1) is 31.2 Å². The van der Waals surface area contributed by atoms with Gasteiger partial charge in [0.15, 0.2) is 10.9 Å². The Kier molecular flexibility index (Phi) is 11.6. The predicted octanol–water partition coefficient (Wildman–Crippen LogP) is 5.29. The summed E-state index contributed by atoms with van der Waals surface area (Å²) in [7, 11) is -4.36. The fraction of sp³-hybridized carbons (Fsp3) is 0.286. The summed E-state index contributed by atoms with van der Waals surface area (Å²) in [6.45, 7) is 1.37. The summed E-state index contributed by atoms with van der Waals surface area (Å²) in [5.41, 5.74) is -4.12. The average molecular weight is 640 g/mol. The normalized spacial score (nSPS) is 11.5. The SMILES string of the molecule is CCCCc1nc(Cl)c(CNS(=O)(=O)C(F)(F)F)n1Cc1ccc(C(=O)c2ccccc2C(=O)OC)cc1.c1c[nH]cn1. The molecule has 0 spiro atoms. The minimum atomic E-state index is -5.58. The van der Waals surface area contributed by atoms with E-state index in [0.717, 1.165) is 12.8 Å². The number of unbranched alkanes of at least 4 members (excludes halogenated alkanes) is 1. The lowest BCUT2D eigenvalue weighted by Gasteiger charge is -2.14. The van der Waals surface area contributed by atoms with Crippen LogP contribution in [0.3, 0.4) is 0 Å². The van der Waals surface area contributed by atoms with E-state index in [1.165, 1.54) is 24.0 Å². The number of rotatable bonds is 11. The van der Waals surface area contributed by atoms with Gasteiger partial charge in [-0.3, -0.25) is 4.79 Å². The van der Waals surface area contributed by atoms with Crippen LogP contribution in [0.15, 0.2) is 67.3 Å². The van der Waals surface area contributed by atoms with Gasteiger partial charge in [0.1, 0.15) is 5.82 Å². The maximum absolute atomic E-state index is 13.0. The number of imidazole rings is 2. The molecule has 4 aromatic rings. The lowest BCUT2D eigenvalue weighted by Crippen LogP contribution is -2.36. The van der Waals surface area contributed by atoms with Crippen LogP contribution in [-0.4, -0.2) is 52.3 Å². The topological polar surface area (TPSA) is 136 Å². The Morgan fingerprint density at radius 3 is 2.30 bits per heavy atom. The Morgan fingerprint density at radius 1 is 1.09 bits per heavy atom. The molecule has 0 atom stereocenters. The van der Waals surface area contributed by atoms with Crippen LogP contribution in [0.5, 0.6) is 0 Å². The van der Waals surface area contributed by atoms with Gasteiger partial charge in [-0.05, 0) is 18.1 Å². The van der Waals surface area contributed by atoms with Crippen molar-refractivity contribution < 1.29 is 35.9 Å². The number of sulfonamides is 1. The number of aromatic amines is 1. The van der Waals surface area contributed by atoms with E-state index in [1.807, 2.05) is 6.92 Å². The second-order valence-electron chi connectivity index (χ2n) is 9.05. The summed E-state index contributed by atoms with van der Waals surface area (Å²) < 4.78 is 69.3. The molecule has 230 valence electrons. The first-order chi connectivity index (χ1) is 20.4. The largest absolute Gasteiger partial charge is 0.511 e. The number of alkyl halides is 3. The third kappa shape index (κ3) is 8.75. The fourth-order valence-corrected chi connectivity index (χ4v) is 4.67. The highest BCUT2D eigenvalue weighted by Crippen LogP contribution is 2.25. The maximum Gasteiger partial charge on any atom is 0.511 e. The number of esters is 1. The number of ether oxygens (including phenoxy) is 1. The molecule has 15 heteroatoms. The van der Waals surface area contributed by atoms with Gasteiger partial charge >= 0.3 is 21.5 Å². The molecule has 0 aliphatic rings. The van der Waals surface area contributed by atoms with Crippen LogP contribution in [0.4, 0.5) is 13.2 Å². The van der Waals surface area contributed by atoms with Crippen molar-refractivity contribution in [1.29, 1.82) is 0 Å². The lowest BCUT2D eigenvalue weighted by molar-refractivity contribution is -0.0448. The zero-order valence-electron chi connectivity index (χ0n) is 23.2. The summed E-state index contributed by atoms with van der Waals surface area (Å²) in [6.07, 6.45) is 7.11. The summed E-state index contributed by atoms with van der Waals surface area (Å²) in [5.74, 6) is -0.546. The molecule has 0 bridgehead atoms. The monoisotopic (exact) mass is 639 g/mol. The molecule has 43 heavy (non-hydrogen) atoms. The van der Waals surface area contributed by atoms with Crippen molar-refractivity contribution in [2.75, 3.05) is 7.11 Å². The predicted molar refractivity (Wildman–Crippen MR) is 153 cm³/mol. The molecule has 0 amide bonds. The van der Waals surface area contributed by atoms with Crippen molar-refractivity contribution in [1.82, 2.24) is 24.2 Å². The Bertz CT molecular complexity index is 1610. The molecular formula is C28H29ClF3N5O5S. The smallest absolute Gasteiger partial charge is 0.465 e. The van der Waals surface area contributed by atoms with Crippen molar-refractivity contribution in [2.45, 2.75) is 44.8 Å². The fourth-order valence-electron chi connectivity index (χ4n) is 3.92. The van der Waals surface area contributed by atoms with Crippen molar-refractivity contribution in [3.05, 3.63) is 106 Å². The minimum absolute atomic E-state index is 0.0813. The number of methoxy groups -OCH3 is 1. The molecule has 2 N–H and O–H groups in total. The van der Waals surface area contributed by atoms with E-state index in [4.69, 9.17) is 16.3 Å². The van der Waals surface area contributed by atoms with Gasteiger partial charge in [0.2, 0.25) is 0 Å². The van der Waals surface area contributed by atoms with Crippen LogP contribution in [0, 0.1) is 0 Å². The highest BCUT2D eigenvalue weighted by atomic mass is 35.5. The van der Waals surface area contributed by atoms with Gasteiger partial charge in [-0.25, -0.2) is 27.9 Å². The van der Waals surface area contributed by atoms with Crippen molar-refractivity contribution >= 4 is 33.4 Å². The van der Waals surface area contributed by atoms with E-state index >= 15 is 0 Å². The quantitative estimate of drug-likeness (QED) is 0.168. The number of hydrogen-bond acceptors (Lipinski definition) is 7. The molecule has 0 radical (unpaired) electrons. The van der Waals surface area contributed by atoms with Crippen LogP contribution < -0.4 is 4.72 Å². The number of nitrogens with one attached hydrogen (secondary N) is 2. The molecule has 10 nitrogen and oxygen atoms in total. The molecule has 0 aliphatic carbocycles. The molecule has 0 saturated carbocycles. The van der Waals surface area contributed by atoms with E-state index in [-0.39, 0.29) is 28.5 Å². The lowest BCUT2D eigenvalue weighted by atomic mass is 9.97. The zero-order valence-corrected chi connectivity index (χ0v) is 24.8. The van der Waals surface area contributed by atoms with E-state index in [1.54, 1.807) is 59.7 Å². The number of carbonyl (C=O) groups excluding carboxylic acids is 2. The first kappa shape index (κ1) is 33.5. The van der Waals surface area contributed by atoms with E-state index in [0.29, 0.717) is 23.4 Å². The van der Waals surface area contributed by atoms with Gasteiger partial charge in [-0.1, -0.05) is 67.4 Å². The molecule has 0 aliphatic heterocycles. The maximum atomic E-state index is 13.0. The second-order valence-corrected chi connectivity index (χ2v) is 11.2. The number of hydrogen-bond donors (Lipinski definition) is 2. The Balaban J connectivity index is 0.000000915. The molecule has 2 aromatic heterocycles. The van der Waals surface area contributed by atoms with Crippen LogP contribution in [0.25, 0.3) is 0 Å². The second kappa shape index (κ2) is 14.9. The third-order valence-corrected chi connectivity index (χ3v) is 7.57. The van der Waals surface area contributed by atoms with E-state index < -0.39 is 33.8 Å². The molecular weight excluding hydrogens is 611 g/mol. The van der Waals surface area contributed by atoms with Crippen LogP contribution in [0.2, 0.25) is 5.15 Å². The molecule has 2 heterocycles. The summed E-state index contributed by atoms with van der Waals surface area (Å²) in [5, 5.41) is -0.104. The van der Waals surface area contributed by atoms with E-state index in [9.17, 15) is 31.2 Å². The Labute approximate surface area is 251 Å². The number of H-pyrrole nitrogens is 1. The van der Waals surface area contributed by atoms with Gasteiger partial charge in [0.25, 0.3) is 0 Å². The van der Waals surface area contributed by atoms with Crippen molar-refractivity contribution in [2.24, 2.45) is 0 Å². The average Bonchev–Trinajstić information content (AvgIpc) is 3.66. The van der Waals surface area contributed by atoms with Gasteiger partial charge in [-0.2, -0.15) is 13.2 Å². The highest BCUT2D eigenvalue weighted by Gasteiger charge is 2.45. The number of nitrogens with zero attached hydrogens (tertiary/aromatic N) is 3. The van der Waals surface area contributed by atoms with Crippen LogP contribution >= 0.6 is 11.6 Å². The third-order valence-electron chi connectivity index (χ3n) is 6.13. The van der Waals surface area contributed by atoms with Crippen molar-refractivity contribution in [3.63, 3.8) is 0 Å². The number of benzene rings is 2. The zero-order chi connectivity index (χ0) is 31.6. The number of aromatic nitrogens is 4.